The molecule has 2 rings (SSSR count). The van der Waals surface area contributed by atoms with Crippen LogP contribution in [0.15, 0.2) is 0 Å². The first-order valence-electron chi connectivity index (χ1n) is 7.74. The number of likely N-dealkylation sites (N-methyl/N-ethyl adjacent to an activating group) is 1. The van der Waals surface area contributed by atoms with Crippen molar-refractivity contribution >= 4 is 11.8 Å². The number of carbonyl (C=O) groups excluding carboxylic acids is 2. The Labute approximate surface area is 121 Å². The van der Waals surface area contributed by atoms with Gasteiger partial charge in [0.2, 0.25) is 11.8 Å². The number of nitrogens with zero attached hydrogens (tertiary/aromatic N) is 1. The molecular weight excluding hydrogens is 254 g/mol. The van der Waals surface area contributed by atoms with Gasteiger partial charge in [-0.2, -0.15) is 0 Å². The van der Waals surface area contributed by atoms with Crippen LogP contribution in [-0.4, -0.2) is 49.4 Å². The summed E-state index contributed by atoms with van der Waals surface area (Å²) in [6.45, 7) is 5.87. The summed E-state index contributed by atoms with van der Waals surface area (Å²) in [6.07, 6.45) is 3.61. The van der Waals surface area contributed by atoms with Crippen LogP contribution in [-0.2, 0) is 9.59 Å². The first kappa shape index (κ1) is 15.3. The van der Waals surface area contributed by atoms with Gasteiger partial charge in [-0.15, -0.1) is 0 Å². The highest BCUT2D eigenvalue weighted by Crippen LogP contribution is 2.38. The van der Waals surface area contributed by atoms with Crippen LogP contribution in [0.25, 0.3) is 0 Å². The number of hydrogen-bond acceptors (Lipinski definition) is 3. The average molecular weight is 281 g/mol. The van der Waals surface area contributed by atoms with E-state index in [2.05, 4.69) is 24.5 Å². The molecule has 1 saturated carbocycles. The van der Waals surface area contributed by atoms with Crippen LogP contribution in [0, 0.1) is 17.8 Å². The Kier molecular flexibility index (Phi) is 5.02. The van der Waals surface area contributed by atoms with Crippen LogP contribution in [0.3, 0.4) is 0 Å². The third-order valence-corrected chi connectivity index (χ3v) is 4.48. The minimum absolute atomic E-state index is 0.0686. The highest BCUT2D eigenvalue weighted by molar-refractivity contribution is 5.87. The minimum Gasteiger partial charge on any atom is -0.354 e. The van der Waals surface area contributed by atoms with E-state index in [1.807, 2.05) is 0 Å². The van der Waals surface area contributed by atoms with Crippen molar-refractivity contribution in [1.29, 1.82) is 0 Å². The smallest absolute Gasteiger partial charge is 0.240 e. The fourth-order valence-electron chi connectivity index (χ4n) is 3.36. The predicted octanol–water partition coefficient (Wildman–Crippen LogP) is 0.605. The summed E-state index contributed by atoms with van der Waals surface area (Å²) < 4.78 is 0. The highest BCUT2D eigenvalue weighted by atomic mass is 16.2. The van der Waals surface area contributed by atoms with Crippen molar-refractivity contribution in [3.8, 4) is 0 Å². The topological polar surface area (TPSA) is 61.4 Å². The molecular formula is C15H27N3O2. The van der Waals surface area contributed by atoms with Gasteiger partial charge < -0.3 is 15.5 Å². The normalized spacial score (nSPS) is 28.5. The van der Waals surface area contributed by atoms with E-state index >= 15 is 0 Å². The zero-order valence-corrected chi connectivity index (χ0v) is 12.8. The largest absolute Gasteiger partial charge is 0.354 e. The number of nitrogens with one attached hydrogen (secondary N) is 2. The summed E-state index contributed by atoms with van der Waals surface area (Å²) >= 11 is 0. The maximum absolute atomic E-state index is 12.4. The SMILES string of the molecule is CC(C)CNC(=O)CN(C)C(=O)C1NCC2CCCC21. The lowest BCUT2D eigenvalue weighted by Gasteiger charge is -2.24. The van der Waals surface area contributed by atoms with E-state index < -0.39 is 0 Å². The van der Waals surface area contributed by atoms with Crippen LogP contribution >= 0.6 is 0 Å². The monoisotopic (exact) mass is 281 g/mol. The molecule has 0 aromatic rings. The molecule has 5 nitrogen and oxygen atoms in total. The molecule has 1 saturated heterocycles. The van der Waals surface area contributed by atoms with E-state index in [0.717, 1.165) is 13.0 Å². The summed E-state index contributed by atoms with van der Waals surface area (Å²) in [5.74, 6) is 1.56. The summed E-state index contributed by atoms with van der Waals surface area (Å²) in [4.78, 5) is 25.8. The van der Waals surface area contributed by atoms with Crippen molar-refractivity contribution in [2.75, 3.05) is 26.7 Å². The third-order valence-electron chi connectivity index (χ3n) is 4.48. The van der Waals surface area contributed by atoms with Gasteiger partial charge in [-0.1, -0.05) is 20.3 Å². The Bertz CT molecular complexity index is 370. The van der Waals surface area contributed by atoms with Gasteiger partial charge in [0.1, 0.15) is 0 Å². The molecule has 2 N–H and O–H groups in total. The Hall–Kier alpha value is -1.10. The molecule has 20 heavy (non-hydrogen) atoms. The van der Waals surface area contributed by atoms with E-state index in [-0.39, 0.29) is 24.4 Å². The van der Waals surface area contributed by atoms with Gasteiger partial charge in [-0.3, -0.25) is 9.59 Å². The zero-order valence-electron chi connectivity index (χ0n) is 12.8. The second kappa shape index (κ2) is 6.57. The van der Waals surface area contributed by atoms with Gasteiger partial charge in [0.05, 0.1) is 12.6 Å². The van der Waals surface area contributed by atoms with E-state index in [1.54, 1.807) is 11.9 Å². The fraction of sp³-hybridized carbons (Fsp3) is 0.867. The van der Waals surface area contributed by atoms with Crippen LogP contribution in [0.1, 0.15) is 33.1 Å². The molecule has 0 radical (unpaired) electrons. The molecule has 1 aliphatic carbocycles. The van der Waals surface area contributed by atoms with E-state index in [4.69, 9.17) is 0 Å². The van der Waals surface area contributed by atoms with Gasteiger partial charge in [0, 0.05) is 13.6 Å². The van der Waals surface area contributed by atoms with E-state index in [0.29, 0.717) is 24.3 Å². The maximum Gasteiger partial charge on any atom is 0.240 e. The highest BCUT2D eigenvalue weighted by Gasteiger charge is 2.43. The third kappa shape index (κ3) is 3.51. The number of carbonyl (C=O) groups is 2. The quantitative estimate of drug-likeness (QED) is 0.776. The maximum atomic E-state index is 12.4. The fourth-order valence-corrected chi connectivity index (χ4v) is 3.36. The van der Waals surface area contributed by atoms with Crippen LogP contribution in [0.2, 0.25) is 0 Å². The lowest BCUT2D eigenvalue weighted by atomic mass is 9.93. The standard InChI is InChI=1S/C15H27N3O2/c1-10(2)7-16-13(19)9-18(3)15(20)14-12-6-4-5-11(12)8-17-14/h10-12,14,17H,4-9H2,1-3H3,(H,16,19). The molecule has 1 heterocycles. The minimum atomic E-state index is -0.0783. The Morgan fingerprint density at radius 2 is 2.10 bits per heavy atom. The molecule has 3 unspecified atom stereocenters. The van der Waals surface area contributed by atoms with Gasteiger partial charge in [-0.05, 0) is 37.1 Å². The molecule has 0 aromatic heterocycles. The molecule has 0 aromatic carbocycles. The Morgan fingerprint density at radius 3 is 2.80 bits per heavy atom. The molecule has 2 fully saturated rings. The molecule has 114 valence electrons. The molecule has 2 amide bonds. The van der Waals surface area contributed by atoms with Gasteiger partial charge in [-0.25, -0.2) is 0 Å². The lowest BCUT2D eigenvalue weighted by Crippen LogP contribution is -2.48. The second-order valence-corrected chi connectivity index (χ2v) is 6.63. The molecule has 5 heteroatoms. The summed E-state index contributed by atoms with van der Waals surface area (Å²) in [5.41, 5.74) is 0. The van der Waals surface area contributed by atoms with Crippen LogP contribution in [0.5, 0.6) is 0 Å². The van der Waals surface area contributed by atoms with Crippen molar-refractivity contribution in [2.24, 2.45) is 17.8 Å². The number of fused-ring (bicyclic) bond motifs is 1. The predicted molar refractivity (Wildman–Crippen MR) is 78.1 cm³/mol. The van der Waals surface area contributed by atoms with Crippen molar-refractivity contribution in [3.63, 3.8) is 0 Å². The number of hydrogen-bond donors (Lipinski definition) is 2. The van der Waals surface area contributed by atoms with Gasteiger partial charge in [0.25, 0.3) is 0 Å². The van der Waals surface area contributed by atoms with Crippen molar-refractivity contribution in [1.82, 2.24) is 15.5 Å². The number of rotatable bonds is 5. The average Bonchev–Trinajstić information content (AvgIpc) is 2.97. The second-order valence-electron chi connectivity index (χ2n) is 6.63. The van der Waals surface area contributed by atoms with Gasteiger partial charge in [0.15, 0.2) is 0 Å². The lowest BCUT2D eigenvalue weighted by molar-refractivity contribution is -0.137. The van der Waals surface area contributed by atoms with Crippen molar-refractivity contribution < 1.29 is 9.59 Å². The van der Waals surface area contributed by atoms with Crippen molar-refractivity contribution in [3.05, 3.63) is 0 Å². The van der Waals surface area contributed by atoms with Crippen LogP contribution < -0.4 is 10.6 Å². The number of amides is 2. The molecule has 3 atom stereocenters. The Morgan fingerprint density at radius 1 is 1.35 bits per heavy atom. The summed E-state index contributed by atoms with van der Waals surface area (Å²) in [6, 6.07) is -0.0783. The summed E-state index contributed by atoms with van der Waals surface area (Å²) in [7, 11) is 1.72. The molecule has 1 aliphatic heterocycles. The van der Waals surface area contributed by atoms with Crippen molar-refractivity contribution in [2.45, 2.75) is 39.2 Å². The van der Waals surface area contributed by atoms with E-state index in [1.165, 1.54) is 12.8 Å². The first-order chi connectivity index (χ1) is 9.49. The first-order valence-corrected chi connectivity index (χ1v) is 7.74. The summed E-state index contributed by atoms with van der Waals surface area (Å²) in [5, 5.41) is 6.19. The molecule has 0 spiro atoms. The molecule has 0 bridgehead atoms. The zero-order chi connectivity index (χ0) is 14.7. The van der Waals surface area contributed by atoms with Crippen LogP contribution in [0.4, 0.5) is 0 Å². The Balaban J connectivity index is 1.81. The van der Waals surface area contributed by atoms with Gasteiger partial charge >= 0.3 is 0 Å². The molecule has 2 aliphatic rings. The van der Waals surface area contributed by atoms with E-state index in [9.17, 15) is 9.59 Å².